The van der Waals surface area contributed by atoms with Crippen LogP contribution in [0.5, 0.6) is 0 Å². The summed E-state index contributed by atoms with van der Waals surface area (Å²) in [7, 11) is -1.14. The first-order valence-electron chi connectivity index (χ1n) is 12.3. The van der Waals surface area contributed by atoms with Gasteiger partial charge in [-0.25, -0.2) is 5.50 Å². The molecule has 0 unspecified atom stereocenters. The van der Waals surface area contributed by atoms with Crippen molar-refractivity contribution in [1.82, 2.24) is 0 Å². The Hall–Kier alpha value is 0.390. The van der Waals surface area contributed by atoms with Gasteiger partial charge in [0.05, 0.1) is 25.9 Å². The van der Waals surface area contributed by atoms with Gasteiger partial charge in [-0.1, -0.05) is 105 Å². The fourth-order valence-electron chi connectivity index (χ4n) is 3.96. The van der Waals surface area contributed by atoms with Crippen molar-refractivity contribution in [2.75, 3.05) is 18.5 Å². The Balaban J connectivity index is 0. The largest absolute Gasteiger partial charge is 0.205 e. The topological polar surface area (TPSA) is 26.0 Å². The van der Waals surface area contributed by atoms with Crippen LogP contribution in [0.4, 0.5) is 0 Å². The second-order valence-electron chi connectivity index (χ2n) is 8.69. The Bertz CT molecular complexity index is 226. The molecule has 0 heterocycles. The second-order valence-corrected chi connectivity index (χ2v) is 12.5. The molecule has 0 bridgehead atoms. The van der Waals surface area contributed by atoms with Gasteiger partial charge in [0.2, 0.25) is 0 Å². The maximum Gasteiger partial charge on any atom is 0.0770 e. The molecule has 0 aliphatic carbocycles. The summed E-state index contributed by atoms with van der Waals surface area (Å²) in [5.74, 6) is 0. The van der Waals surface area contributed by atoms with Gasteiger partial charge in [0.25, 0.3) is 0 Å². The molecule has 0 aromatic rings. The minimum atomic E-state index is -1.14. The van der Waals surface area contributed by atoms with Crippen LogP contribution in [0.2, 0.25) is 0 Å². The molecule has 166 valence electrons. The van der Waals surface area contributed by atoms with Gasteiger partial charge < -0.3 is 0 Å². The molecule has 0 aliphatic heterocycles. The van der Waals surface area contributed by atoms with Crippen molar-refractivity contribution in [2.24, 2.45) is 5.50 Å². The third-order valence-corrected chi connectivity index (χ3v) is 9.49. The summed E-state index contributed by atoms with van der Waals surface area (Å²) < 4.78 is 0. The molecule has 0 aliphatic rings. The van der Waals surface area contributed by atoms with E-state index in [-0.39, 0.29) is 7.43 Å². The van der Waals surface area contributed by atoms with Crippen molar-refractivity contribution >= 4 is 7.41 Å². The lowest BCUT2D eigenvalue weighted by Crippen LogP contribution is -2.17. The first kappa shape index (κ1) is 29.6. The molecule has 27 heavy (non-hydrogen) atoms. The SMILES string of the molecule is C.CCCCCCCC[P+](N)(CCCCCCCC)CCCCCCCC. The average molecular weight is 403 g/mol. The summed E-state index contributed by atoms with van der Waals surface area (Å²) in [6, 6.07) is 0. The quantitative estimate of drug-likeness (QED) is 0.150. The monoisotopic (exact) mass is 402 g/mol. The van der Waals surface area contributed by atoms with Gasteiger partial charge in [-0.05, 0) is 38.5 Å². The third-order valence-electron chi connectivity index (χ3n) is 5.87. The minimum absolute atomic E-state index is 0. The summed E-state index contributed by atoms with van der Waals surface area (Å²) >= 11 is 0. The average Bonchev–Trinajstić information content (AvgIpc) is 2.64. The Morgan fingerprint density at radius 2 is 0.630 bits per heavy atom. The van der Waals surface area contributed by atoms with Crippen LogP contribution in [0.25, 0.3) is 0 Å². The highest BCUT2D eigenvalue weighted by Gasteiger charge is 2.30. The van der Waals surface area contributed by atoms with E-state index in [1.807, 2.05) is 0 Å². The third kappa shape index (κ3) is 20.9. The molecular weight excluding hydrogens is 345 g/mol. The highest BCUT2D eigenvalue weighted by molar-refractivity contribution is 7.73. The van der Waals surface area contributed by atoms with Gasteiger partial charge >= 0.3 is 0 Å². The summed E-state index contributed by atoms with van der Waals surface area (Å²) in [6.45, 7) is 6.91. The standard InChI is InChI=1S/C24H53NP.CH4/c1-4-7-10-13-16-19-22-26(25,23-20-17-14-11-8-5-2)24-21-18-15-12-9-6-3;/h4-25H2,1-3H3;1H4/q+1;. The molecule has 0 rings (SSSR count). The lowest BCUT2D eigenvalue weighted by Gasteiger charge is -2.23. The Morgan fingerprint density at radius 1 is 0.407 bits per heavy atom. The highest BCUT2D eigenvalue weighted by atomic mass is 31.2. The second kappa shape index (κ2) is 22.7. The predicted molar refractivity (Wildman–Crippen MR) is 133 cm³/mol. The molecule has 1 nitrogen and oxygen atoms in total. The van der Waals surface area contributed by atoms with Crippen molar-refractivity contribution in [3.05, 3.63) is 0 Å². The molecule has 2 heteroatoms. The van der Waals surface area contributed by atoms with Crippen molar-refractivity contribution in [3.63, 3.8) is 0 Å². The summed E-state index contributed by atoms with van der Waals surface area (Å²) in [5, 5.41) is 0. The van der Waals surface area contributed by atoms with Gasteiger partial charge in [-0.2, -0.15) is 0 Å². The van der Waals surface area contributed by atoms with E-state index in [0.29, 0.717) is 0 Å². The van der Waals surface area contributed by atoms with Crippen molar-refractivity contribution < 1.29 is 0 Å². The zero-order valence-electron chi connectivity index (χ0n) is 18.9. The first-order valence-corrected chi connectivity index (χ1v) is 14.7. The zero-order valence-corrected chi connectivity index (χ0v) is 19.8. The summed E-state index contributed by atoms with van der Waals surface area (Å²) in [6.07, 6.45) is 29.5. The lowest BCUT2D eigenvalue weighted by atomic mass is 10.1. The lowest BCUT2D eigenvalue weighted by molar-refractivity contribution is 0.615. The van der Waals surface area contributed by atoms with Gasteiger partial charge in [0, 0.05) is 0 Å². The first-order chi connectivity index (χ1) is 12.7. The van der Waals surface area contributed by atoms with Crippen LogP contribution in [-0.4, -0.2) is 18.5 Å². The molecule has 0 amide bonds. The fraction of sp³-hybridized carbons (Fsp3) is 1.00. The van der Waals surface area contributed by atoms with Gasteiger partial charge in [0.1, 0.15) is 0 Å². The van der Waals surface area contributed by atoms with Gasteiger partial charge in [0.15, 0.2) is 0 Å². The molecule has 0 radical (unpaired) electrons. The van der Waals surface area contributed by atoms with Crippen LogP contribution in [0.3, 0.4) is 0 Å². The maximum atomic E-state index is 7.03. The molecule has 0 aromatic carbocycles. The minimum Gasteiger partial charge on any atom is -0.205 e. The zero-order chi connectivity index (χ0) is 19.3. The van der Waals surface area contributed by atoms with E-state index >= 15 is 0 Å². The maximum absolute atomic E-state index is 7.03. The fourth-order valence-corrected chi connectivity index (χ4v) is 7.19. The number of unbranched alkanes of at least 4 members (excludes halogenated alkanes) is 15. The van der Waals surface area contributed by atoms with E-state index in [0.717, 1.165) is 0 Å². The number of nitrogens with two attached hydrogens (primary N) is 1. The van der Waals surface area contributed by atoms with Crippen molar-refractivity contribution in [1.29, 1.82) is 0 Å². The Kier molecular flexibility index (Phi) is 24.9. The van der Waals surface area contributed by atoms with Crippen molar-refractivity contribution in [2.45, 2.75) is 144 Å². The van der Waals surface area contributed by atoms with Crippen LogP contribution >= 0.6 is 7.41 Å². The van der Waals surface area contributed by atoms with E-state index < -0.39 is 7.41 Å². The van der Waals surface area contributed by atoms with Crippen LogP contribution in [0.1, 0.15) is 144 Å². The molecule has 0 saturated heterocycles. The molecule has 2 N–H and O–H groups in total. The van der Waals surface area contributed by atoms with Crippen LogP contribution < -0.4 is 5.50 Å². The molecular formula is C25H57NP+. The van der Waals surface area contributed by atoms with E-state index in [2.05, 4.69) is 20.8 Å². The molecule has 0 atom stereocenters. The molecule has 0 fully saturated rings. The van der Waals surface area contributed by atoms with E-state index in [1.165, 1.54) is 134 Å². The highest BCUT2D eigenvalue weighted by Crippen LogP contribution is 2.53. The Labute approximate surface area is 175 Å². The summed E-state index contributed by atoms with van der Waals surface area (Å²) in [4.78, 5) is 0. The van der Waals surface area contributed by atoms with E-state index in [9.17, 15) is 0 Å². The Morgan fingerprint density at radius 3 is 0.889 bits per heavy atom. The summed E-state index contributed by atoms with van der Waals surface area (Å²) in [5.41, 5.74) is 7.03. The molecule has 0 spiro atoms. The normalized spacial score (nSPS) is 11.6. The number of hydrogen-bond acceptors (Lipinski definition) is 1. The van der Waals surface area contributed by atoms with Crippen molar-refractivity contribution in [3.8, 4) is 0 Å². The van der Waals surface area contributed by atoms with E-state index in [1.54, 1.807) is 0 Å². The van der Waals surface area contributed by atoms with Gasteiger partial charge in [-0.3, -0.25) is 0 Å². The molecule has 0 aromatic heterocycles. The molecule has 0 saturated carbocycles. The predicted octanol–water partition coefficient (Wildman–Crippen LogP) is 9.60. The smallest absolute Gasteiger partial charge is 0.0770 e. The number of hydrogen-bond donors (Lipinski definition) is 1. The van der Waals surface area contributed by atoms with Gasteiger partial charge in [-0.15, -0.1) is 0 Å². The van der Waals surface area contributed by atoms with E-state index in [4.69, 9.17) is 5.50 Å². The van der Waals surface area contributed by atoms with Crippen LogP contribution in [0, 0.1) is 0 Å². The van der Waals surface area contributed by atoms with Crippen LogP contribution in [0.15, 0.2) is 0 Å². The number of rotatable bonds is 21. The van der Waals surface area contributed by atoms with Crippen LogP contribution in [-0.2, 0) is 0 Å².